The van der Waals surface area contributed by atoms with Crippen molar-refractivity contribution < 1.29 is 21.6 Å². The van der Waals surface area contributed by atoms with E-state index in [1.54, 1.807) is 36.4 Å². The Hall–Kier alpha value is -3.38. The second kappa shape index (κ2) is 11.4. The van der Waals surface area contributed by atoms with Gasteiger partial charge in [-0.1, -0.05) is 33.6 Å². The van der Waals surface area contributed by atoms with Gasteiger partial charge in [0.1, 0.15) is 4.90 Å². The van der Waals surface area contributed by atoms with Gasteiger partial charge in [0.05, 0.1) is 9.92 Å². The van der Waals surface area contributed by atoms with Gasteiger partial charge >= 0.3 is 0 Å². The zero-order valence-electron chi connectivity index (χ0n) is 20.7. The van der Waals surface area contributed by atoms with Crippen LogP contribution in [0, 0.1) is 13.8 Å². The Morgan fingerprint density at radius 1 is 0.692 bits per heavy atom. The smallest absolute Gasteiger partial charge is 0.263 e. The molecule has 0 aromatic heterocycles. The third-order valence-corrected chi connectivity index (χ3v) is 9.26. The van der Waals surface area contributed by atoms with Crippen LogP contribution in [-0.4, -0.2) is 22.7 Å². The largest absolute Gasteiger partial charge is 0.322 e. The topological polar surface area (TPSA) is 121 Å². The van der Waals surface area contributed by atoms with Gasteiger partial charge in [-0.3, -0.25) is 14.2 Å². The normalized spacial score (nSPS) is 11.6. The first kappa shape index (κ1) is 28.6. The number of rotatable bonds is 8. The number of aryl methyl sites for hydroxylation is 2. The summed E-state index contributed by atoms with van der Waals surface area (Å²) in [5, 5.41) is 2.59. The number of sulfonamides is 2. The minimum Gasteiger partial charge on any atom is -0.322 e. The number of carbonyl (C=O) groups is 1. The first-order chi connectivity index (χ1) is 18.3. The van der Waals surface area contributed by atoms with E-state index in [9.17, 15) is 21.6 Å². The van der Waals surface area contributed by atoms with Crippen molar-refractivity contribution >= 4 is 70.5 Å². The van der Waals surface area contributed by atoms with Crippen LogP contribution in [0.1, 0.15) is 21.5 Å². The lowest BCUT2D eigenvalue weighted by Gasteiger charge is -2.13. The predicted molar refractivity (Wildman–Crippen MR) is 158 cm³/mol. The molecule has 39 heavy (non-hydrogen) atoms. The van der Waals surface area contributed by atoms with Gasteiger partial charge in [0, 0.05) is 27.1 Å². The van der Waals surface area contributed by atoms with E-state index in [1.807, 2.05) is 19.9 Å². The lowest BCUT2D eigenvalue weighted by molar-refractivity contribution is 0.102. The highest BCUT2D eigenvalue weighted by atomic mass is 79.9. The lowest BCUT2D eigenvalue weighted by Crippen LogP contribution is -2.17. The van der Waals surface area contributed by atoms with Crippen molar-refractivity contribution in [2.75, 3.05) is 14.8 Å². The number of benzene rings is 4. The molecular formula is C27H23BrClN3O5S2. The van der Waals surface area contributed by atoms with Crippen molar-refractivity contribution in [1.82, 2.24) is 0 Å². The third kappa shape index (κ3) is 7.18. The minimum atomic E-state index is -4.09. The second-order valence-corrected chi connectivity index (χ2v) is 13.4. The predicted octanol–water partition coefficient (Wildman–Crippen LogP) is 6.57. The molecule has 4 aromatic carbocycles. The monoisotopic (exact) mass is 647 g/mol. The average Bonchev–Trinajstić information content (AvgIpc) is 2.85. The Kier molecular flexibility index (Phi) is 8.36. The Labute approximate surface area is 240 Å². The SMILES string of the molecule is Cc1cc(C)cc(NS(=O)(=O)c2cc(C(=O)Nc3ccc(S(=O)(=O)Nc4ccc(Br)cc4)cc3)ccc2Cl)c1. The maximum absolute atomic E-state index is 13.1. The fourth-order valence-corrected chi connectivity index (χ4v) is 6.64. The van der Waals surface area contributed by atoms with Crippen LogP contribution in [0.5, 0.6) is 0 Å². The molecule has 0 aliphatic heterocycles. The second-order valence-electron chi connectivity index (χ2n) is 8.72. The van der Waals surface area contributed by atoms with E-state index in [2.05, 4.69) is 30.7 Å². The van der Waals surface area contributed by atoms with Crippen molar-refractivity contribution in [1.29, 1.82) is 0 Å². The number of anilines is 3. The summed E-state index contributed by atoms with van der Waals surface area (Å²) in [5.74, 6) is -0.599. The molecule has 1 amide bonds. The van der Waals surface area contributed by atoms with Crippen molar-refractivity contribution in [2.45, 2.75) is 23.6 Å². The summed E-state index contributed by atoms with van der Waals surface area (Å²) in [6.07, 6.45) is 0. The summed E-state index contributed by atoms with van der Waals surface area (Å²) in [6, 6.07) is 21.4. The molecule has 12 heteroatoms. The summed E-state index contributed by atoms with van der Waals surface area (Å²) in [5.41, 5.74) is 2.91. The highest BCUT2D eigenvalue weighted by Gasteiger charge is 2.21. The molecule has 4 aromatic rings. The number of hydrogen-bond donors (Lipinski definition) is 3. The lowest BCUT2D eigenvalue weighted by atomic mass is 10.1. The number of halogens is 2. The van der Waals surface area contributed by atoms with Gasteiger partial charge in [-0.25, -0.2) is 16.8 Å². The molecule has 4 rings (SSSR count). The van der Waals surface area contributed by atoms with Gasteiger partial charge < -0.3 is 5.32 Å². The van der Waals surface area contributed by atoms with E-state index in [4.69, 9.17) is 11.6 Å². The summed E-state index contributed by atoms with van der Waals surface area (Å²) >= 11 is 9.48. The van der Waals surface area contributed by atoms with Gasteiger partial charge in [0.2, 0.25) is 0 Å². The first-order valence-corrected chi connectivity index (χ1v) is 15.6. The van der Waals surface area contributed by atoms with Crippen LogP contribution in [0.25, 0.3) is 0 Å². The molecule has 0 saturated heterocycles. The van der Waals surface area contributed by atoms with Crippen LogP contribution in [-0.2, 0) is 20.0 Å². The zero-order valence-corrected chi connectivity index (χ0v) is 24.7. The Bertz CT molecular complexity index is 1740. The number of carbonyl (C=O) groups excluding carboxylic acids is 1. The number of hydrogen-bond acceptors (Lipinski definition) is 5. The van der Waals surface area contributed by atoms with Crippen LogP contribution in [0.4, 0.5) is 17.1 Å². The molecular weight excluding hydrogens is 626 g/mol. The molecule has 0 unspecified atom stereocenters. The van der Waals surface area contributed by atoms with E-state index in [0.717, 1.165) is 15.6 Å². The maximum atomic E-state index is 13.1. The maximum Gasteiger partial charge on any atom is 0.263 e. The highest BCUT2D eigenvalue weighted by molar-refractivity contribution is 9.10. The summed E-state index contributed by atoms with van der Waals surface area (Å²) < 4.78 is 57.3. The molecule has 0 spiro atoms. The summed E-state index contributed by atoms with van der Waals surface area (Å²) in [7, 11) is -7.94. The molecule has 0 saturated carbocycles. The quantitative estimate of drug-likeness (QED) is 0.200. The minimum absolute atomic E-state index is 0.000695. The standard InChI is InChI=1S/C27H23BrClN3O5S2/c1-17-13-18(2)15-23(14-17)32-39(36,37)26-16-19(3-12-25(26)29)27(33)30-21-8-10-24(11-9-21)38(34,35)31-22-6-4-20(28)5-7-22/h3-16,31-32H,1-2H3,(H,30,33). The molecule has 0 heterocycles. The Morgan fingerprint density at radius 3 is 1.87 bits per heavy atom. The van der Waals surface area contributed by atoms with Gasteiger partial charge in [-0.2, -0.15) is 0 Å². The number of amides is 1. The summed E-state index contributed by atoms with van der Waals surface area (Å²) in [4.78, 5) is 12.6. The molecule has 0 fully saturated rings. The fourth-order valence-electron chi connectivity index (χ4n) is 3.75. The van der Waals surface area contributed by atoms with E-state index >= 15 is 0 Å². The Balaban J connectivity index is 1.50. The molecule has 0 radical (unpaired) electrons. The van der Waals surface area contributed by atoms with Crippen LogP contribution >= 0.6 is 27.5 Å². The molecule has 0 aliphatic carbocycles. The molecule has 0 bridgehead atoms. The van der Waals surface area contributed by atoms with E-state index in [1.165, 1.54) is 42.5 Å². The zero-order chi connectivity index (χ0) is 28.4. The van der Waals surface area contributed by atoms with Crippen LogP contribution < -0.4 is 14.8 Å². The molecule has 202 valence electrons. The van der Waals surface area contributed by atoms with Crippen molar-refractivity contribution in [3.8, 4) is 0 Å². The molecule has 0 atom stereocenters. The van der Waals surface area contributed by atoms with Crippen LogP contribution in [0.3, 0.4) is 0 Å². The third-order valence-electron chi connectivity index (χ3n) is 5.48. The van der Waals surface area contributed by atoms with Gasteiger partial charge in [0.25, 0.3) is 26.0 Å². The summed E-state index contributed by atoms with van der Waals surface area (Å²) in [6.45, 7) is 3.70. The molecule has 8 nitrogen and oxygen atoms in total. The van der Waals surface area contributed by atoms with E-state index in [-0.39, 0.29) is 20.4 Å². The van der Waals surface area contributed by atoms with Gasteiger partial charge in [0.15, 0.2) is 0 Å². The van der Waals surface area contributed by atoms with E-state index < -0.39 is 26.0 Å². The van der Waals surface area contributed by atoms with Crippen LogP contribution in [0.15, 0.2) is 99.2 Å². The van der Waals surface area contributed by atoms with Gasteiger partial charge in [-0.15, -0.1) is 0 Å². The van der Waals surface area contributed by atoms with Crippen molar-refractivity contribution in [3.63, 3.8) is 0 Å². The molecule has 0 aliphatic rings. The van der Waals surface area contributed by atoms with Crippen molar-refractivity contribution in [2.24, 2.45) is 0 Å². The number of nitrogens with one attached hydrogen (secondary N) is 3. The highest BCUT2D eigenvalue weighted by Crippen LogP contribution is 2.27. The fraction of sp³-hybridized carbons (Fsp3) is 0.0741. The average molecular weight is 649 g/mol. The van der Waals surface area contributed by atoms with Crippen LogP contribution in [0.2, 0.25) is 5.02 Å². The van der Waals surface area contributed by atoms with Gasteiger partial charge in [-0.05, 0) is 104 Å². The van der Waals surface area contributed by atoms with Crippen molar-refractivity contribution in [3.05, 3.63) is 111 Å². The van der Waals surface area contributed by atoms with E-state index in [0.29, 0.717) is 17.1 Å². The molecule has 3 N–H and O–H groups in total. The first-order valence-electron chi connectivity index (χ1n) is 11.4. The Morgan fingerprint density at radius 2 is 1.26 bits per heavy atom.